The minimum absolute atomic E-state index is 0.0406. The summed E-state index contributed by atoms with van der Waals surface area (Å²) in [5.74, 6) is -2.79. The first-order chi connectivity index (χ1) is 14.8. The van der Waals surface area contributed by atoms with Gasteiger partial charge < -0.3 is 9.15 Å². The number of carbonyl (C=O) groups is 1. The van der Waals surface area contributed by atoms with Crippen LogP contribution < -0.4 is 0 Å². The van der Waals surface area contributed by atoms with Gasteiger partial charge in [0.2, 0.25) is 15.9 Å². The predicted octanol–water partition coefficient (Wildman–Crippen LogP) is 3.83. The molecule has 31 heavy (non-hydrogen) atoms. The fourth-order valence-corrected chi connectivity index (χ4v) is 5.41. The van der Waals surface area contributed by atoms with Crippen LogP contribution in [0.15, 0.2) is 51.3 Å². The second-order valence-electron chi connectivity index (χ2n) is 6.98. The standard InChI is InChI=1S/C20H18F2N2O5S2/c21-16-4-3-15(10-17(16)22)31(26,27)24-7-5-13(6-8-24)20(25)29-12-14-11-28-19(23-14)18-2-1-9-30-18/h1-4,9-11,13H,5-8,12H2. The minimum atomic E-state index is -3.97. The Morgan fingerprint density at radius 2 is 2.00 bits per heavy atom. The molecule has 0 N–H and O–H groups in total. The maximum absolute atomic E-state index is 13.4. The van der Waals surface area contributed by atoms with Crippen molar-refractivity contribution < 1.29 is 31.1 Å². The number of halogens is 2. The van der Waals surface area contributed by atoms with Crippen LogP contribution in [0.3, 0.4) is 0 Å². The second-order valence-corrected chi connectivity index (χ2v) is 9.87. The van der Waals surface area contributed by atoms with Gasteiger partial charge in [-0.1, -0.05) is 6.07 Å². The molecule has 0 spiro atoms. The van der Waals surface area contributed by atoms with Gasteiger partial charge in [0, 0.05) is 13.1 Å². The smallest absolute Gasteiger partial charge is 0.309 e. The Bertz CT molecular complexity index is 1170. The molecule has 7 nitrogen and oxygen atoms in total. The highest BCUT2D eigenvalue weighted by molar-refractivity contribution is 7.89. The molecule has 164 valence electrons. The van der Waals surface area contributed by atoms with Gasteiger partial charge in [-0.05, 0) is 42.5 Å². The summed E-state index contributed by atoms with van der Waals surface area (Å²) in [6, 6.07) is 6.21. The summed E-state index contributed by atoms with van der Waals surface area (Å²) in [5.41, 5.74) is 0.482. The van der Waals surface area contributed by atoms with Gasteiger partial charge in [-0.25, -0.2) is 22.2 Å². The molecule has 1 aromatic carbocycles. The monoisotopic (exact) mass is 468 g/mol. The van der Waals surface area contributed by atoms with Gasteiger partial charge in [0.1, 0.15) is 18.6 Å². The van der Waals surface area contributed by atoms with E-state index in [-0.39, 0.29) is 37.4 Å². The van der Waals surface area contributed by atoms with Crippen LogP contribution in [0.2, 0.25) is 0 Å². The number of carbonyl (C=O) groups excluding carboxylic acids is 1. The molecule has 4 rings (SSSR count). The molecule has 2 aromatic heterocycles. The van der Waals surface area contributed by atoms with Crippen LogP contribution >= 0.6 is 11.3 Å². The van der Waals surface area contributed by atoms with Gasteiger partial charge >= 0.3 is 5.97 Å². The average molecular weight is 469 g/mol. The van der Waals surface area contributed by atoms with Gasteiger partial charge in [0.15, 0.2) is 11.6 Å². The Morgan fingerprint density at radius 3 is 2.68 bits per heavy atom. The molecule has 1 aliphatic heterocycles. The highest BCUT2D eigenvalue weighted by Gasteiger charge is 2.33. The number of thiophene rings is 1. The molecular formula is C20H18F2N2O5S2. The molecule has 11 heteroatoms. The van der Waals surface area contributed by atoms with Crippen molar-refractivity contribution in [1.82, 2.24) is 9.29 Å². The maximum Gasteiger partial charge on any atom is 0.309 e. The van der Waals surface area contributed by atoms with Gasteiger partial charge in [-0.2, -0.15) is 4.31 Å². The number of esters is 1. The van der Waals surface area contributed by atoms with Crippen molar-refractivity contribution in [3.8, 4) is 10.8 Å². The van der Waals surface area contributed by atoms with Crippen molar-refractivity contribution in [1.29, 1.82) is 0 Å². The molecule has 0 bridgehead atoms. The Kier molecular flexibility index (Phi) is 6.17. The lowest BCUT2D eigenvalue weighted by molar-refractivity contribution is -0.151. The molecule has 0 radical (unpaired) electrons. The van der Waals surface area contributed by atoms with Crippen molar-refractivity contribution in [3.05, 3.63) is 59.3 Å². The fraction of sp³-hybridized carbons (Fsp3) is 0.300. The van der Waals surface area contributed by atoms with E-state index >= 15 is 0 Å². The summed E-state index contributed by atoms with van der Waals surface area (Å²) in [6.07, 6.45) is 1.96. The zero-order chi connectivity index (χ0) is 22.0. The number of ether oxygens (including phenoxy) is 1. The summed E-state index contributed by atoms with van der Waals surface area (Å²) >= 11 is 1.48. The highest BCUT2D eigenvalue weighted by atomic mass is 32.2. The number of oxazole rings is 1. The second kappa shape index (κ2) is 8.85. The first kappa shape index (κ1) is 21.6. The Balaban J connectivity index is 1.31. The third-order valence-corrected chi connectivity index (χ3v) is 7.71. The van der Waals surface area contributed by atoms with Crippen LogP contribution in [-0.4, -0.2) is 36.8 Å². The molecule has 0 aliphatic carbocycles. The number of hydrogen-bond donors (Lipinski definition) is 0. The van der Waals surface area contributed by atoms with Gasteiger partial charge in [-0.3, -0.25) is 4.79 Å². The third kappa shape index (κ3) is 4.68. The summed E-state index contributed by atoms with van der Waals surface area (Å²) < 4.78 is 63.7. The molecule has 0 saturated carbocycles. The maximum atomic E-state index is 13.4. The van der Waals surface area contributed by atoms with Crippen LogP contribution in [0.25, 0.3) is 10.8 Å². The van der Waals surface area contributed by atoms with Crippen molar-refractivity contribution in [3.63, 3.8) is 0 Å². The Labute approximate surface area is 181 Å². The number of aromatic nitrogens is 1. The molecule has 1 fully saturated rings. The summed E-state index contributed by atoms with van der Waals surface area (Å²) in [4.78, 5) is 17.2. The molecule has 3 aromatic rings. The number of rotatable bonds is 6. The van der Waals surface area contributed by atoms with Crippen LogP contribution in [0.1, 0.15) is 18.5 Å². The van der Waals surface area contributed by atoms with E-state index in [1.54, 1.807) is 0 Å². The molecule has 1 aliphatic rings. The number of hydrogen-bond acceptors (Lipinski definition) is 7. The van der Waals surface area contributed by atoms with E-state index in [1.807, 2.05) is 17.5 Å². The Hall–Kier alpha value is -2.63. The first-order valence-electron chi connectivity index (χ1n) is 9.45. The molecule has 0 unspecified atom stereocenters. The van der Waals surface area contributed by atoms with E-state index in [4.69, 9.17) is 9.15 Å². The van der Waals surface area contributed by atoms with E-state index in [1.165, 1.54) is 17.6 Å². The number of benzene rings is 1. The summed E-state index contributed by atoms with van der Waals surface area (Å²) in [6.45, 7) is 0.113. The average Bonchev–Trinajstić information content (AvgIpc) is 3.46. The van der Waals surface area contributed by atoms with E-state index in [0.29, 0.717) is 17.7 Å². The largest absolute Gasteiger partial charge is 0.459 e. The molecule has 0 amide bonds. The number of piperidine rings is 1. The third-order valence-electron chi connectivity index (χ3n) is 4.96. The molecule has 3 heterocycles. The zero-order valence-electron chi connectivity index (χ0n) is 16.2. The van der Waals surface area contributed by atoms with Gasteiger partial charge in [-0.15, -0.1) is 11.3 Å². The van der Waals surface area contributed by atoms with Crippen LogP contribution in [0.4, 0.5) is 8.78 Å². The zero-order valence-corrected chi connectivity index (χ0v) is 17.8. The van der Waals surface area contributed by atoms with E-state index in [9.17, 15) is 22.0 Å². The van der Waals surface area contributed by atoms with Gasteiger partial charge in [0.05, 0.1) is 15.7 Å². The van der Waals surface area contributed by atoms with Crippen molar-refractivity contribution in [2.24, 2.45) is 5.92 Å². The quantitative estimate of drug-likeness (QED) is 0.511. The molecule has 0 atom stereocenters. The Morgan fingerprint density at radius 1 is 1.23 bits per heavy atom. The van der Waals surface area contributed by atoms with Crippen LogP contribution in [0.5, 0.6) is 0 Å². The van der Waals surface area contributed by atoms with E-state index < -0.39 is 33.5 Å². The SMILES string of the molecule is O=C(OCc1coc(-c2cccs2)n1)C1CCN(S(=O)(=O)c2ccc(F)c(F)c2)CC1. The molecular weight excluding hydrogens is 450 g/mol. The fourth-order valence-electron chi connectivity index (χ4n) is 3.27. The predicted molar refractivity (Wildman–Crippen MR) is 107 cm³/mol. The first-order valence-corrected chi connectivity index (χ1v) is 11.8. The van der Waals surface area contributed by atoms with E-state index in [2.05, 4.69) is 4.98 Å². The van der Waals surface area contributed by atoms with Crippen molar-refractivity contribution in [2.75, 3.05) is 13.1 Å². The van der Waals surface area contributed by atoms with Crippen molar-refractivity contribution >= 4 is 27.3 Å². The van der Waals surface area contributed by atoms with Crippen molar-refractivity contribution in [2.45, 2.75) is 24.3 Å². The molecule has 1 saturated heterocycles. The summed E-state index contributed by atoms with van der Waals surface area (Å²) in [7, 11) is -3.97. The number of sulfonamides is 1. The summed E-state index contributed by atoms with van der Waals surface area (Å²) in [5, 5.41) is 1.90. The lowest BCUT2D eigenvalue weighted by atomic mass is 9.98. The highest BCUT2D eigenvalue weighted by Crippen LogP contribution is 2.27. The topological polar surface area (TPSA) is 89.7 Å². The van der Waals surface area contributed by atoms with Crippen LogP contribution in [0, 0.1) is 17.6 Å². The normalized spacial score (nSPS) is 15.8. The minimum Gasteiger partial charge on any atom is -0.459 e. The van der Waals surface area contributed by atoms with Crippen LogP contribution in [-0.2, 0) is 26.2 Å². The van der Waals surface area contributed by atoms with E-state index in [0.717, 1.165) is 21.3 Å². The van der Waals surface area contributed by atoms with Gasteiger partial charge in [0.25, 0.3) is 0 Å². The lowest BCUT2D eigenvalue weighted by Gasteiger charge is -2.30. The lowest BCUT2D eigenvalue weighted by Crippen LogP contribution is -2.40. The number of nitrogens with zero attached hydrogens (tertiary/aromatic N) is 2.